The van der Waals surface area contributed by atoms with Crippen molar-refractivity contribution in [3.63, 3.8) is 0 Å². The van der Waals surface area contributed by atoms with E-state index in [1.807, 2.05) is 0 Å². The van der Waals surface area contributed by atoms with Gasteiger partial charge in [0.1, 0.15) is 0 Å². The standard InChI is InChI=1S/C17H9BrF3N3O4/c18-12-7-9(8-13(14(12)25)24(27)28)6-11-15(17(19,20)21)22-23(16(11)26)10-4-2-1-3-5-10/h1-8,25H/b11-6-. The zero-order valence-corrected chi connectivity index (χ0v) is 15.2. The van der Waals surface area contributed by atoms with Crippen LogP contribution in [0.25, 0.3) is 6.08 Å². The average molecular weight is 456 g/mol. The molecule has 7 nitrogen and oxygen atoms in total. The van der Waals surface area contributed by atoms with Gasteiger partial charge in [0.15, 0.2) is 5.71 Å². The number of rotatable bonds is 3. The number of para-hydroxylation sites is 1. The van der Waals surface area contributed by atoms with E-state index in [0.717, 1.165) is 18.2 Å². The predicted octanol–water partition coefficient (Wildman–Crippen LogP) is 4.41. The molecule has 144 valence electrons. The number of carbonyl (C=O) groups excluding carboxylic acids is 1. The second-order valence-electron chi connectivity index (χ2n) is 5.58. The number of anilines is 1. The highest BCUT2D eigenvalue weighted by molar-refractivity contribution is 9.10. The summed E-state index contributed by atoms with van der Waals surface area (Å²) in [6.45, 7) is 0. The summed E-state index contributed by atoms with van der Waals surface area (Å²) >= 11 is 2.90. The van der Waals surface area contributed by atoms with Crippen molar-refractivity contribution in [3.05, 3.63) is 68.2 Å². The number of hydrogen-bond acceptors (Lipinski definition) is 5. The summed E-state index contributed by atoms with van der Waals surface area (Å²) in [4.78, 5) is 22.7. The first-order chi connectivity index (χ1) is 13.1. The van der Waals surface area contributed by atoms with Crippen molar-refractivity contribution in [1.82, 2.24) is 0 Å². The number of nitrogens with zero attached hydrogens (tertiary/aromatic N) is 3. The summed E-state index contributed by atoms with van der Waals surface area (Å²) in [6.07, 6.45) is -4.08. The monoisotopic (exact) mass is 455 g/mol. The van der Waals surface area contributed by atoms with Crippen molar-refractivity contribution in [3.8, 4) is 5.75 Å². The first kappa shape index (κ1) is 19.5. The number of amides is 1. The lowest BCUT2D eigenvalue weighted by atomic mass is 10.1. The minimum atomic E-state index is -4.93. The highest BCUT2D eigenvalue weighted by Gasteiger charge is 2.46. The first-order valence-corrected chi connectivity index (χ1v) is 8.33. The minimum absolute atomic E-state index is 0.0911. The molecule has 0 aliphatic carbocycles. The molecule has 0 spiro atoms. The topological polar surface area (TPSA) is 96.0 Å². The molecule has 0 unspecified atom stereocenters. The van der Waals surface area contributed by atoms with E-state index in [0.29, 0.717) is 5.01 Å². The Morgan fingerprint density at radius 1 is 1.21 bits per heavy atom. The van der Waals surface area contributed by atoms with Crippen LogP contribution in [-0.4, -0.2) is 27.8 Å². The molecule has 0 saturated carbocycles. The molecule has 0 fully saturated rings. The fraction of sp³-hybridized carbons (Fsp3) is 0.0588. The number of phenolic OH excluding ortho intramolecular Hbond substituents is 1. The van der Waals surface area contributed by atoms with Crippen molar-refractivity contribution >= 4 is 45.0 Å². The highest BCUT2D eigenvalue weighted by atomic mass is 79.9. The van der Waals surface area contributed by atoms with Gasteiger partial charge in [0.2, 0.25) is 5.75 Å². The van der Waals surface area contributed by atoms with Crippen LogP contribution in [-0.2, 0) is 4.79 Å². The number of hydrogen-bond donors (Lipinski definition) is 1. The molecule has 0 radical (unpaired) electrons. The Bertz CT molecular complexity index is 1040. The van der Waals surface area contributed by atoms with E-state index < -0.39 is 39.7 Å². The molecule has 0 aromatic heterocycles. The van der Waals surface area contributed by atoms with E-state index in [1.54, 1.807) is 6.07 Å². The van der Waals surface area contributed by atoms with E-state index >= 15 is 0 Å². The fourth-order valence-electron chi connectivity index (χ4n) is 2.49. The van der Waals surface area contributed by atoms with Crippen LogP contribution < -0.4 is 5.01 Å². The fourth-order valence-corrected chi connectivity index (χ4v) is 2.96. The number of phenols is 1. The second kappa shape index (κ2) is 7.08. The Morgan fingerprint density at radius 2 is 1.86 bits per heavy atom. The Labute approximate surface area is 163 Å². The molecule has 1 amide bonds. The summed E-state index contributed by atoms with van der Waals surface area (Å²) in [5.74, 6) is -1.72. The lowest BCUT2D eigenvalue weighted by Crippen LogP contribution is -2.25. The zero-order chi connectivity index (χ0) is 20.6. The van der Waals surface area contributed by atoms with E-state index in [9.17, 15) is 33.2 Å². The number of nitro groups is 1. The molecule has 1 N–H and O–H groups in total. The van der Waals surface area contributed by atoms with Crippen molar-refractivity contribution < 1.29 is 28.0 Å². The molecule has 0 atom stereocenters. The molecule has 0 bridgehead atoms. The van der Waals surface area contributed by atoms with Gasteiger partial charge in [-0.05, 0) is 45.8 Å². The first-order valence-electron chi connectivity index (χ1n) is 7.54. The van der Waals surface area contributed by atoms with E-state index in [4.69, 9.17) is 0 Å². The van der Waals surface area contributed by atoms with Gasteiger partial charge in [0.25, 0.3) is 5.91 Å². The molecular formula is C17H9BrF3N3O4. The third-order valence-corrected chi connectivity index (χ3v) is 4.32. The third-order valence-electron chi connectivity index (χ3n) is 3.72. The van der Waals surface area contributed by atoms with Crippen molar-refractivity contribution in [2.75, 3.05) is 5.01 Å². The second-order valence-corrected chi connectivity index (χ2v) is 6.44. The summed E-state index contributed by atoms with van der Waals surface area (Å²) < 4.78 is 40.1. The number of halogens is 4. The van der Waals surface area contributed by atoms with Gasteiger partial charge in [0.05, 0.1) is 20.7 Å². The lowest BCUT2D eigenvalue weighted by molar-refractivity contribution is -0.386. The quantitative estimate of drug-likeness (QED) is 0.421. The predicted molar refractivity (Wildman–Crippen MR) is 97.9 cm³/mol. The molecular weight excluding hydrogens is 447 g/mol. The molecule has 11 heteroatoms. The average Bonchev–Trinajstić information content (AvgIpc) is 2.95. The molecule has 0 saturated heterocycles. The van der Waals surface area contributed by atoms with Crippen LogP contribution in [0.5, 0.6) is 5.75 Å². The lowest BCUT2D eigenvalue weighted by Gasteiger charge is -2.10. The Balaban J connectivity index is 2.14. The van der Waals surface area contributed by atoms with Gasteiger partial charge in [0, 0.05) is 6.07 Å². The van der Waals surface area contributed by atoms with Crippen LogP contribution in [0.15, 0.2) is 57.6 Å². The summed E-state index contributed by atoms with van der Waals surface area (Å²) in [6, 6.07) is 9.55. The largest absolute Gasteiger partial charge is 0.501 e. The maximum atomic E-state index is 13.4. The van der Waals surface area contributed by atoms with Crippen LogP contribution >= 0.6 is 15.9 Å². The number of hydrazone groups is 1. The summed E-state index contributed by atoms with van der Waals surface area (Å²) in [7, 11) is 0. The highest BCUT2D eigenvalue weighted by Crippen LogP contribution is 2.37. The Kier molecular flexibility index (Phi) is 4.94. The van der Waals surface area contributed by atoms with E-state index in [1.165, 1.54) is 24.3 Å². The third kappa shape index (κ3) is 3.60. The van der Waals surface area contributed by atoms with E-state index in [-0.39, 0.29) is 15.7 Å². The molecule has 1 aliphatic heterocycles. The number of benzene rings is 2. The van der Waals surface area contributed by atoms with Crippen LogP contribution in [0.3, 0.4) is 0 Å². The molecule has 1 heterocycles. The van der Waals surface area contributed by atoms with Gasteiger partial charge in [-0.3, -0.25) is 14.9 Å². The van der Waals surface area contributed by atoms with Crippen LogP contribution in [0.4, 0.5) is 24.5 Å². The van der Waals surface area contributed by atoms with Gasteiger partial charge < -0.3 is 5.11 Å². The van der Waals surface area contributed by atoms with Crippen LogP contribution in [0, 0.1) is 10.1 Å². The molecule has 1 aliphatic rings. The van der Waals surface area contributed by atoms with Crippen molar-refractivity contribution in [1.29, 1.82) is 0 Å². The number of nitro benzene ring substituents is 1. The van der Waals surface area contributed by atoms with E-state index in [2.05, 4.69) is 21.0 Å². The normalized spacial score (nSPS) is 15.9. The van der Waals surface area contributed by atoms with Gasteiger partial charge in [-0.1, -0.05) is 18.2 Å². The Morgan fingerprint density at radius 3 is 2.43 bits per heavy atom. The van der Waals surface area contributed by atoms with Gasteiger partial charge in [-0.15, -0.1) is 0 Å². The van der Waals surface area contributed by atoms with Crippen molar-refractivity contribution in [2.24, 2.45) is 5.10 Å². The smallest absolute Gasteiger partial charge is 0.435 e. The number of aromatic hydroxyl groups is 1. The van der Waals surface area contributed by atoms with Crippen LogP contribution in [0.1, 0.15) is 5.56 Å². The molecule has 2 aromatic carbocycles. The number of alkyl halides is 3. The van der Waals surface area contributed by atoms with Crippen molar-refractivity contribution in [2.45, 2.75) is 6.18 Å². The summed E-state index contributed by atoms with van der Waals surface area (Å²) in [5, 5.41) is 24.7. The van der Waals surface area contributed by atoms with Crippen LogP contribution in [0.2, 0.25) is 0 Å². The van der Waals surface area contributed by atoms with Gasteiger partial charge in [-0.2, -0.15) is 23.3 Å². The summed E-state index contributed by atoms with van der Waals surface area (Å²) in [5.41, 5.74) is -2.88. The number of carbonyl (C=O) groups is 1. The zero-order valence-electron chi connectivity index (χ0n) is 13.6. The molecule has 28 heavy (non-hydrogen) atoms. The molecule has 2 aromatic rings. The molecule has 3 rings (SSSR count). The Hall–Kier alpha value is -3.21. The minimum Gasteiger partial charge on any atom is -0.501 e. The SMILES string of the molecule is O=C1/C(=C\c2cc(Br)c(O)c([N+](=O)[O-])c2)C(C(F)(F)F)=NN1c1ccccc1. The van der Waals surface area contributed by atoms with Gasteiger partial charge in [-0.25, -0.2) is 0 Å². The maximum Gasteiger partial charge on any atom is 0.435 e. The van der Waals surface area contributed by atoms with Gasteiger partial charge >= 0.3 is 11.9 Å². The maximum absolute atomic E-state index is 13.4.